The topological polar surface area (TPSA) is 87.6 Å². The number of carboxylic acid groups (broad SMARTS) is 1. The average molecular weight is 266 g/mol. The van der Waals surface area contributed by atoms with E-state index in [1.165, 1.54) is 0 Å². The van der Waals surface area contributed by atoms with Crippen molar-refractivity contribution >= 4 is 11.9 Å². The van der Waals surface area contributed by atoms with Gasteiger partial charge in [0, 0.05) is 37.6 Å². The quantitative estimate of drug-likeness (QED) is 0.768. The predicted octanol–water partition coefficient (Wildman–Crippen LogP) is -0.124. The summed E-state index contributed by atoms with van der Waals surface area (Å²) in [6.07, 6.45) is 3.44. The molecule has 1 aliphatic heterocycles. The molecule has 7 nitrogen and oxygen atoms in total. The second-order valence-electron chi connectivity index (χ2n) is 4.43. The number of ether oxygens (including phenoxy) is 1. The zero-order valence-corrected chi connectivity index (χ0v) is 10.9. The Labute approximate surface area is 111 Å². The lowest BCUT2D eigenvalue weighted by Gasteiger charge is -2.26. The number of carbonyl (C=O) groups is 1. The Kier molecular flexibility index (Phi) is 4.64. The normalized spacial score (nSPS) is 17.2. The van der Waals surface area contributed by atoms with Crippen LogP contribution in [-0.4, -0.2) is 53.4 Å². The molecule has 19 heavy (non-hydrogen) atoms. The molecule has 1 unspecified atom stereocenters. The third-order valence-corrected chi connectivity index (χ3v) is 2.97. The second kappa shape index (κ2) is 6.44. The monoisotopic (exact) mass is 266 g/mol. The maximum absolute atomic E-state index is 10.7. The maximum atomic E-state index is 10.7. The third kappa shape index (κ3) is 3.87. The number of aliphatic carboxylic acids is 1. The molecule has 0 spiro atoms. The van der Waals surface area contributed by atoms with Crippen molar-refractivity contribution in [3.05, 3.63) is 18.0 Å². The van der Waals surface area contributed by atoms with Gasteiger partial charge in [0.05, 0.1) is 13.2 Å². The zero-order chi connectivity index (χ0) is 13.7. The summed E-state index contributed by atoms with van der Waals surface area (Å²) in [5, 5.41) is 11.6. The van der Waals surface area contributed by atoms with Crippen molar-refractivity contribution in [2.24, 2.45) is 0 Å². The molecule has 0 amide bonds. The van der Waals surface area contributed by atoms with Gasteiger partial charge in [0.2, 0.25) is 5.95 Å². The number of aromatic nitrogens is 2. The van der Waals surface area contributed by atoms with Crippen LogP contribution in [0.25, 0.3) is 0 Å². The molecule has 2 N–H and O–H groups in total. The summed E-state index contributed by atoms with van der Waals surface area (Å²) in [5.41, 5.74) is 0.866. The molecule has 0 saturated carbocycles. The maximum Gasteiger partial charge on any atom is 0.320 e. The van der Waals surface area contributed by atoms with Crippen LogP contribution in [0.3, 0.4) is 0 Å². The molecule has 2 heterocycles. The largest absolute Gasteiger partial charge is 0.480 e. The standard InChI is InChI=1S/C12H18N4O3/c1-9(11(17)18)13-6-10-7-14-12(15-8-10)16-2-4-19-5-3-16/h7-9,13H,2-6H2,1H3,(H,17,18). The minimum atomic E-state index is -0.870. The van der Waals surface area contributed by atoms with E-state index in [0.717, 1.165) is 18.7 Å². The van der Waals surface area contributed by atoms with Crippen LogP contribution in [0.2, 0.25) is 0 Å². The lowest BCUT2D eigenvalue weighted by molar-refractivity contribution is -0.139. The predicted molar refractivity (Wildman–Crippen MR) is 69.0 cm³/mol. The number of carboxylic acids is 1. The molecule has 104 valence electrons. The molecule has 0 bridgehead atoms. The number of hydrogen-bond acceptors (Lipinski definition) is 6. The van der Waals surface area contributed by atoms with Gasteiger partial charge in [-0.2, -0.15) is 0 Å². The fraction of sp³-hybridized carbons (Fsp3) is 0.583. The van der Waals surface area contributed by atoms with Crippen LogP contribution in [0.4, 0.5) is 5.95 Å². The fourth-order valence-electron chi connectivity index (χ4n) is 1.72. The van der Waals surface area contributed by atoms with Gasteiger partial charge in [-0.25, -0.2) is 9.97 Å². The van der Waals surface area contributed by atoms with Gasteiger partial charge in [-0.1, -0.05) is 0 Å². The second-order valence-corrected chi connectivity index (χ2v) is 4.43. The van der Waals surface area contributed by atoms with Crippen molar-refractivity contribution in [2.45, 2.75) is 19.5 Å². The van der Waals surface area contributed by atoms with Gasteiger partial charge in [0.15, 0.2) is 0 Å². The van der Waals surface area contributed by atoms with E-state index in [0.29, 0.717) is 25.7 Å². The number of morpholine rings is 1. The Hall–Kier alpha value is -1.73. The van der Waals surface area contributed by atoms with Crippen molar-refractivity contribution < 1.29 is 14.6 Å². The highest BCUT2D eigenvalue weighted by Gasteiger charge is 2.14. The summed E-state index contributed by atoms with van der Waals surface area (Å²) in [6.45, 7) is 5.04. The van der Waals surface area contributed by atoms with Crippen molar-refractivity contribution in [1.29, 1.82) is 0 Å². The summed E-state index contributed by atoms with van der Waals surface area (Å²) in [7, 11) is 0. The van der Waals surface area contributed by atoms with Crippen molar-refractivity contribution in [3.8, 4) is 0 Å². The Morgan fingerprint density at radius 2 is 2.11 bits per heavy atom. The van der Waals surface area contributed by atoms with Crippen LogP contribution in [0, 0.1) is 0 Å². The van der Waals surface area contributed by atoms with Crippen LogP contribution < -0.4 is 10.2 Å². The van der Waals surface area contributed by atoms with Gasteiger partial charge in [0.1, 0.15) is 6.04 Å². The van der Waals surface area contributed by atoms with E-state index in [-0.39, 0.29) is 0 Å². The van der Waals surface area contributed by atoms with E-state index in [4.69, 9.17) is 9.84 Å². The Bertz CT molecular complexity index is 417. The van der Waals surface area contributed by atoms with E-state index < -0.39 is 12.0 Å². The van der Waals surface area contributed by atoms with E-state index >= 15 is 0 Å². The lowest BCUT2D eigenvalue weighted by Crippen LogP contribution is -2.37. The Morgan fingerprint density at radius 1 is 1.47 bits per heavy atom. The van der Waals surface area contributed by atoms with Crippen LogP contribution >= 0.6 is 0 Å². The Balaban J connectivity index is 1.89. The molecule has 1 fully saturated rings. The number of rotatable bonds is 5. The minimum Gasteiger partial charge on any atom is -0.480 e. The molecular weight excluding hydrogens is 248 g/mol. The first-order valence-electron chi connectivity index (χ1n) is 6.26. The molecule has 7 heteroatoms. The summed E-state index contributed by atoms with van der Waals surface area (Å²) in [6, 6.07) is -0.584. The van der Waals surface area contributed by atoms with E-state index in [1.54, 1.807) is 19.3 Å². The van der Waals surface area contributed by atoms with Crippen LogP contribution in [0.5, 0.6) is 0 Å². The molecular formula is C12H18N4O3. The van der Waals surface area contributed by atoms with Gasteiger partial charge < -0.3 is 20.1 Å². The first-order chi connectivity index (χ1) is 9.16. The van der Waals surface area contributed by atoms with Crippen molar-refractivity contribution in [1.82, 2.24) is 15.3 Å². The first-order valence-corrected chi connectivity index (χ1v) is 6.26. The van der Waals surface area contributed by atoms with E-state index in [2.05, 4.69) is 20.2 Å². The zero-order valence-electron chi connectivity index (χ0n) is 10.9. The highest BCUT2D eigenvalue weighted by Crippen LogP contribution is 2.09. The number of nitrogens with one attached hydrogen (secondary N) is 1. The van der Waals surface area contributed by atoms with E-state index in [1.807, 2.05) is 0 Å². The molecule has 1 aliphatic rings. The molecule has 2 rings (SSSR count). The molecule has 1 atom stereocenters. The van der Waals surface area contributed by atoms with Crippen LogP contribution in [-0.2, 0) is 16.1 Å². The van der Waals surface area contributed by atoms with Gasteiger partial charge in [-0.05, 0) is 6.92 Å². The van der Waals surface area contributed by atoms with Gasteiger partial charge >= 0.3 is 5.97 Å². The van der Waals surface area contributed by atoms with Crippen LogP contribution in [0.1, 0.15) is 12.5 Å². The molecule has 0 aliphatic carbocycles. The summed E-state index contributed by atoms with van der Waals surface area (Å²) in [4.78, 5) is 21.3. The highest BCUT2D eigenvalue weighted by molar-refractivity contribution is 5.72. The summed E-state index contributed by atoms with van der Waals surface area (Å²) >= 11 is 0. The molecule has 1 aromatic rings. The SMILES string of the molecule is CC(NCc1cnc(N2CCOCC2)nc1)C(=O)O. The smallest absolute Gasteiger partial charge is 0.320 e. The molecule has 0 radical (unpaired) electrons. The van der Waals surface area contributed by atoms with Gasteiger partial charge in [0.25, 0.3) is 0 Å². The third-order valence-electron chi connectivity index (χ3n) is 2.97. The molecule has 1 aromatic heterocycles. The molecule has 1 saturated heterocycles. The van der Waals surface area contributed by atoms with Gasteiger partial charge in [-0.15, -0.1) is 0 Å². The number of hydrogen-bond donors (Lipinski definition) is 2. The molecule has 0 aromatic carbocycles. The minimum absolute atomic E-state index is 0.441. The summed E-state index contributed by atoms with van der Waals surface area (Å²) in [5.74, 6) is -0.177. The highest BCUT2D eigenvalue weighted by atomic mass is 16.5. The van der Waals surface area contributed by atoms with Gasteiger partial charge in [-0.3, -0.25) is 4.79 Å². The lowest BCUT2D eigenvalue weighted by atomic mass is 10.3. The summed E-state index contributed by atoms with van der Waals surface area (Å²) < 4.78 is 5.27. The number of anilines is 1. The Morgan fingerprint density at radius 3 is 2.68 bits per heavy atom. The van der Waals surface area contributed by atoms with Crippen molar-refractivity contribution in [2.75, 3.05) is 31.2 Å². The first kappa shape index (κ1) is 13.7. The van der Waals surface area contributed by atoms with E-state index in [9.17, 15) is 4.79 Å². The average Bonchev–Trinajstić information content (AvgIpc) is 2.46. The number of nitrogens with zero attached hydrogens (tertiary/aromatic N) is 3. The van der Waals surface area contributed by atoms with Crippen molar-refractivity contribution in [3.63, 3.8) is 0 Å². The fourth-order valence-corrected chi connectivity index (χ4v) is 1.72. The van der Waals surface area contributed by atoms with Crippen LogP contribution in [0.15, 0.2) is 12.4 Å².